The fourth-order valence-corrected chi connectivity index (χ4v) is 2.59. The number of nitrogens with zero attached hydrogens (tertiary/aromatic N) is 2. The summed E-state index contributed by atoms with van der Waals surface area (Å²) in [6, 6.07) is 17.8. The number of amides is 1. The molecule has 1 aromatic heterocycles. The number of aromatic amines is 1. The van der Waals surface area contributed by atoms with Crippen LogP contribution in [0, 0.1) is 0 Å². The van der Waals surface area contributed by atoms with Crippen LogP contribution in [0.1, 0.15) is 21.5 Å². The highest BCUT2D eigenvalue weighted by Gasteiger charge is 2.13. The zero-order valence-electron chi connectivity index (χ0n) is 14.8. The normalized spacial score (nSPS) is 10.9. The molecule has 28 heavy (non-hydrogen) atoms. The van der Waals surface area contributed by atoms with Crippen molar-refractivity contribution in [3.63, 3.8) is 0 Å². The van der Waals surface area contributed by atoms with E-state index >= 15 is 0 Å². The average Bonchev–Trinajstić information content (AvgIpc) is 2.71. The van der Waals surface area contributed by atoms with Gasteiger partial charge < -0.3 is 5.11 Å². The number of aromatic nitrogens is 2. The predicted molar refractivity (Wildman–Crippen MR) is 105 cm³/mol. The zero-order chi connectivity index (χ0) is 19.9. The molecule has 0 spiro atoms. The van der Waals surface area contributed by atoms with Crippen LogP contribution in [-0.2, 0) is 13.0 Å². The van der Waals surface area contributed by atoms with Crippen molar-refractivity contribution >= 4 is 12.1 Å². The van der Waals surface area contributed by atoms with Gasteiger partial charge in [-0.25, -0.2) is 10.2 Å². The van der Waals surface area contributed by atoms with Crippen molar-refractivity contribution in [3.05, 3.63) is 98.2 Å². The van der Waals surface area contributed by atoms with Crippen molar-refractivity contribution < 1.29 is 9.90 Å². The quantitative estimate of drug-likeness (QED) is 0.442. The molecule has 0 atom stereocenters. The predicted octanol–water partition coefficient (Wildman–Crippen LogP) is 1.25. The largest absolute Gasteiger partial charge is 0.494 e. The van der Waals surface area contributed by atoms with Crippen LogP contribution in [0.3, 0.4) is 0 Å². The summed E-state index contributed by atoms with van der Waals surface area (Å²) in [5.41, 5.74) is 1.91. The molecular weight excluding hydrogens is 360 g/mol. The number of aromatic hydroxyl groups is 1. The Hall–Kier alpha value is -3.94. The SMILES string of the molecule is O=C(N/N=C/c1c(O)n(CCc2ccccc2)c(=O)[nH]c1=O)c1ccccc1. The van der Waals surface area contributed by atoms with Gasteiger partial charge in [-0.1, -0.05) is 48.5 Å². The first kappa shape index (κ1) is 18.8. The summed E-state index contributed by atoms with van der Waals surface area (Å²) in [6.45, 7) is 0.169. The van der Waals surface area contributed by atoms with E-state index in [1.165, 1.54) is 0 Å². The second-order valence-corrected chi connectivity index (χ2v) is 5.95. The highest BCUT2D eigenvalue weighted by atomic mass is 16.3. The molecule has 0 saturated carbocycles. The van der Waals surface area contributed by atoms with Gasteiger partial charge >= 0.3 is 5.69 Å². The van der Waals surface area contributed by atoms with Crippen molar-refractivity contribution in [2.75, 3.05) is 0 Å². The van der Waals surface area contributed by atoms with Crippen molar-refractivity contribution in [1.82, 2.24) is 15.0 Å². The van der Waals surface area contributed by atoms with E-state index in [4.69, 9.17) is 0 Å². The smallest absolute Gasteiger partial charge is 0.331 e. The van der Waals surface area contributed by atoms with E-state index in [1.807, 2.05) is 30.3 Å². The minimum atomic E-state index is -0.795. The Bertz CT molecular complexity index is 1100. The molecule has 3 rings (SSSR count). The first-order valence-corrected chi connectivity index (χ1v) is 8.54. The van der Waals surface area contributed by atoms with Crippen LogP contribution in [-0.4, -0.2) is 26.8 Å². The summed E-state index contributed by atoms with van der Waals surface area (Å²) < 4.78 is 1.05. The number of H-pyrrole nitrogens is 1. The summed E-state index contributed by atoms with van der Waals surface area (Å²) in [4.78, 5) is 38.1. The molecule has 2 aromatic carbocycles. The van der Waals surface area contributed by atoms with Gasteiger partial charge in [0.2, 0.25) is 5.88 Å². The van der Waals surface area contributed by atoms with Gasteiger partial charge in [0.05, 0.1) is 6.21 Å². The van der Waals surface area contributed by atoms with Crippen LogP contribution in [0.25, 0.3) is 0 Å². The van der Waals surface area contributed by atoms with Crippen molar-refractivity contribution in [2.24, 2.45) is 5.10 Å². The highest BCUT2D eigenvalue weighted by molar-refractivity contribution is 5.94. The molecule has 1 heterocycles. The van der Waals surface area contributed by atoms with E-state index in [9.17, 15) is 19.5 Å². The van der Waals surface area contributed by atoms with Crippen LogP contribution in [0.5, 0.6) is 5.88 Å². The number of benzene rings is 2. The number of hydrogen-bond donors (Lipinski definition) is 3. The Kier molecular flexibility index (Phi) is 5.81. The minimum absolute atomic E-state index is 0.169. The molecule has 142 valence electrons. The van der Waals surface area contributed by atoms with Crippen LogP contribution < -0.4 is 16.7 Å². The zero-order valence-corrected chi connectivity index (χ0v) is 14.8. The van der Waals surface area contributed by atoms with Crippen molar-refractivity contribution in [1.29, 1.82) is 0 Å². The lowest BCUT2D eigenvalue weighted by molar-refractivity contribution is 0.0955. The molecule has 8 nitrogen and oxygen atoms in total. The Morgan fingerprint density at radius 3 is 2.39 bits per heavy atom. The monoisotopic (exact) mass is 378 g/mol. The molecule has 3 N–H and O–H groups in total. The highest BCUT2D eigenvalue weighted by Crippen LogP contribution is 2.09. The second-order valence-electron chi connectivity index (χ2n) is 5.95. The van der Waals surface area contributed by atoms with Crippen LogP contribution in [0.4, 0.5) is 0 Å². The lowest BCUT2D eigenvalue weighted by Crippen LogP contribution is -2.33. The number of carbonyl (C=O) groups excluding carboxylic acids is 1. The van der Waals surface area contributed by atoms with E-state index in [0.29, 0.717) is 12.0 Å². The number of nitrogens with one attached hydrogen (secondary N) is 2. The Morgan fingerprint density at radius 1 is 1.07 bits per heavy atom. The van der Waals surface area contributed by atoms with Gasteiger partial charge in [-0.3, -0.25) is 19.1 Å². The van der Waals surface area contributed by atoms with Crippen molar-refractivity contribution in [2.45, 2.75) is 13.0 Å². The Labute approximate surface area is 159 Å². The van der Waals surface area contributed by atoms with E-state index in [-0.39, 0.29) is 12.1 Å². The van der Waals surface area contributed by atoms with E-state index in [1.54, 1.807) is 30.3 Å². The Balaban J connectivity index is 1.78. The molecule has 8 heteroatoms. The lowest BCUT2D eigenvalue weighted by atomic mass is 10.1. The summed E-state index contributed by atoms with van der Waals surface area (Å²) in [5, 5.41) is 14.1. The number of carbonyl (C=O) groups is 1. The summed E-state index contributed by atoms with van der Waals surface area (Å²) in [5.74, 6) is -0.979. The second kappa shape index (κ2) is 8.63. The first-order valence-electron chi connectivity index (χ1n) is 8.54. The van der Waals surface area contributed by atoms with Gasteiger partial charge in [0.15, 0.2) is 0 Å². The number of hydrazone groups is 1. The number of aryl methyl sites for hydroxylation is 1. The molecule has 0 radical (unpaired) electrons. The van der Waals surface area contributed by atoms with Gasteiger partial charge in [0.1, 0.15) is 5.56 Å². The first-order chi connectivity index (χ1) is 13.6. The molecule has 0 aliphatic carbocycles. The van der Waals surface area contributed by atoms with Gasteiger partial charge in [0.25, 0.3) is 11.5 Å². The van der Waals surface area contributed by atoms with E-state index in [2.05, 4.69) is 15.5 Å². The fourth-order valence-electron chi connectivity index (χ4n) is 2.59. The summed E-state index contributed by atoms with van der Waals surface area (Å²) >= 11 is 0. The lowest BCUT2D eigenvalue weighted by Gasteiger charge is -2.09. The minimum Gasteiger partial charge on any atom is -0.494 e. The third-order valence-corrected chi connectivity index (χ3v) is 4.07. The van der Waals surface area contributed by atoms with Gasteiger partial charge in [-0.05, 0) is 24.1 Å². The van der Waals surface area contributed by atoms with Crippen LogP contribution in [0.2, 0.25) is 0 Å². The molecule has 3 aromatic rings. The molecular formula is C20H18N4O4. The van der Waals surface area contributed by atoms with Crippen molar-refractivity contribution in [3.8, 4) is 5.88 Å². The molecule has 0 aliphatic rings. The Morgan fingerprint density at radius 2 is 1.71 bits per heavy atom. The average molecular weight is 378 g/mol. The third kappa shape index (κ3) is 4.42. The number of hydrogen-bond acceptors (Lipinski definition) is 5. The molecule has 1 amide bonds. The maximum absolute atomic E-state index is 12.0. The molecule has 0 saturated heterocycles. The maximum atomic E-state index is 12.0. The van der Waals surface area contributed by atoms with E-state index < -0.39 is 23.0 Å². The van der Waals surface area contributed by atoms with Gasteiger partial charge in [0, 0.05) is 12.1 Å². The van der Waals surface area contributed by atoms with Gasteiger partial charge in [-0.15, -0.1) is 0 Å². The number of rotatable bonds is 6. The third-order valence-electron chi connectivity index (χ3n) is 4.07. The molecule has 0 bridgehead atoms. The summed E-state index contributed by atoms with van der Waals surface area (Å²) in [6.07, 6.45) is 1.50. The summed E-state index contributed by atoms with van der Waals surface area (Å²) in [7, 11) is 0. The molecule has 0 fully saturated rings. The van der Waals surface area contributed by atoms with Gasteiger partial charge in [-0.2, -0.15) is 5.10 Å². The molecule has 0 unspecified atom stereocenters. The standard InChI is InChI=1S/C20H18N4O4/c25-17(15-9-5-2-6-10-15)23-21-13-16-18(26)22-20(28)24(19(16)27)12-11-14-7-3-1-4-8-14/h1-10,13,27H,11-12H2,(H,23,25)(H,22,26,28)/b21-13+. The fraction of sp³-hybridized carbons (Fsp3) is 0.100. The van der Waals surface area contributed by atoms with Crippen LogP contribution in [0.15, 0.2) is 75.4 Å². The topological polar surface area (TPSA) is 117 Å². The maximum Gasteiger partial charge on any atom is 0.331 e. The molecule has 0 aliphatic heterocycles. The van der Waals surface area contributed by atoms with E-state index in [0.717, 1.165) is 16.3 Å². The van der Waals surface area contributed by atoms with Crippen LogP contribution >= 0.6 is 0 Å².